The van der Waals surface area contributed by atoms with Gasteiger partial charge in [-0.2, -0.15) is 0 Å². The highest BCUT2D eigenvalue weighted by molar-refractivity contribution is 8.26. The average molecular weight is 500 g/mol. The van der Waals surface area contributed by atoms with E-state index >= 15 is 0 Å². The first kappa shape index (κ1) is 23.3. The van der Waals surface area contributed by atoms with Crippen LogP contribution in [-0.4, -0.2) is 22.2 Å². The normalized spacial score (nSPS) is 14.8. The lowest BCUT2D eigenvalue weighted by molar-refractivity contribution is -0.122. The SMILES string of the molecule is COc1ccc(/C=C2\SC(=S)N(Cc3ccccc3)C2=O)cc1OCc1c(F)cccc1Cl. The summed E-state index contributed by atoms with van der Waals surface area (Å²) >= 11 is 12.8. The van der Waals surface area contributed by atoms with Gasteiger partial charge in [0.05, 0.1) is 23.6 Å². The summed E-state index contributed by atoms with van der Waals surface area (Å²) in [4.78, 5) is 15.1. The van der Waals surface area contributed by atoms with Crippen molar-refractivity contribution in [2.24, 2.45) is 0 Å². The van der Waals surface area contributed by atoms with Gasteiger partial charge in [-0.25, -0.2) is 4.39 Å². The second-order valence-electron chi connectivity index (χ2n) is 7.15. The molecule has 168 valence electrons. The summed E-state index contributed by atoms with van der Waals surface area (Å²) in [6.07, 6.45) is 1.76. The number of halogens is 2. The van der Waals surface area contributed by atoms with Gasteiger partial charge in [0.1, 0.15) is 16.7 Å². The first-order valence-corrected chi connectivity index (χ1v) is 11.6. The molecule has 0 aromatic heterocycles. The molecule has 3 aromatic carbocycles. The maximum Gasteiger partial charge on any atom is 0.266 e. The monoisotopic (exact) mass is 499 g/mol. The first-order valence-electron chi connectivity index (χ1n) is 9.99. The van der Waals surface area contributed by atoms with Crippen LogP contribution in [-0.2, 0) is 17.9 Å². The molecule has 1 saturated heterocycles. The molecule has 4 rings (SSSR count). The minimum absolute atomic E-state index is 0.0650. The van der Waals surface area contributed by atoms with Crippen LogP contribution in [0.5, 0.6) is 11.5 Å². The van der Waals surface area contributed by atoms with Gasteiger partial charge >= 0.3 is 0 Å². The summed E-state index contributed by atoms with van der Waals surface area (Å²) in [6, 6.07) is 19.4. The molecule has 1 heterocycles. The summed E-state index contributed by atoms with van der Waals surface area (Å²) in [6.45, 7) is 0.355. The van der Waals surface area contributed by atoms with E-state index in [-0.39, 0.29) is 23.1 Å². The van der Waals surface area contributed by atoms with Crippen molar-refractivity contribution in [3.8, 4) is 11.5 Å². The fourth-order valence-corrected chi connectivity index (χ4v) is 4.74. The summed E-state index contributed by atoms with van der Waals surface area (Å²) < 4.78 is 25.8. The van der Waals surface area contributed by atoms with Crippen molar-refractivity contribution in [1.29, 1.82) is 0 Å². The van der Waals surface area contributed by atoms with Crippen LogP contribution >= 0.6 is 35.6 Å². The van der Waals surface area contributed by atoms with Gasteiger partial charge in [0, 0.05) is 5.56 Å². The van der Waals surface area contributed by atoms with E-state index in [9.17, 15) is 9.18 Å². The average Bonchev–Trinajstić information content (AvgIpc) is 3.07. The number of rotatable bonds is 7. The van der Waals surface area contributed by atoms with Crippen LogP contribution in [0, 0.1) is 5.82 Å². The third-order valence-corrected chi connectivity index (χ3v) is 6.71. The summed E-state index contributed by atoms with van der Waals surface area (Å²) in [5, 5.41) is 0.284. The molecule has 1 amide bonds. The number of methoxy groups -OCH3 is 1. The maximum absolute atomic E-state index is 14.1. The number of carbonyl (C=O) groups excluding carboxylic acids is 1. The van der Waals surface area contributed by atoms with Crippen LogP contribution < -0.4 is 9.47 Å². The molecular weight excluding hydrogens is 481 g/mol. The zero-order valence-electron chi connectivity index (χ0n) is 17.6. The number of hydrogen-bond donors (Lipinski definition) is 0. The maximum atomic E-state index is 14.1. The molecule has 0 spiro atoms. The predicted octanol–water partition coefficient (Wildman–Crippen LogP) is 6.47. The summed E-state index contributed by atoms with van der Waals surface area (Å²) in [5.74, 6) is 0.298. The minimum atomic E-state index is -0.445. The third-order valence-electron chi connectivity index (χ3n) is 4.98. The molecule has 8 heteroatoms. The molecule has 33 heavy (non-hydrogen) atoms. The van der Waals surface area contributed by atoms with Crippen LogP contribution in [0.3, 0.4) is 0 Å². The standard InChI is InChI=1S/C25H19ClFNO3S2/c1-30-21-11-10-17(12-22(21)31-15-18-19(26)8-5-9-20(18)27)13-23-24(29)28(25(32)33-23)14-16-6-3-2-4-7-16/h2-13H,14-15H2,1H3/b23-13-. The van der Waals surface area contributed by atoms with Gasteiger partial charge in [0.25, 0.3) is 5.91 Å². The van der Waals surface area contributed by atoms with E-state index in [1.165, 1.54) is 31.0 Å². The van der Waals surface area contributed by atoms with Crippen molar-refractivity contribution >= 4 is 51.9 Å². The Morgan fingerprint density at radius 1 is 1.09 bits per heavy atom. The van der Waals surface area contributed by atoms with Crippen LogP contribution in [0.15, 0.2) is 71.6 Å². The highest BCUT2D eigenvalue weighted by Gasteiger charge is 2.32. The Hall–Kier alpha value is -2.87. The highest BCUT2D eigenvalue weighted by atomic mass is 35.5. The van der Waals surface area contributed by atoms with E-state index in [0.29, 0.717) is 27.3 Å². The van der Waals surface area contributed by atoms with Crippen LogP contribution in [0.25, 0.3) is 6.08 Å². The Morgan fingerprint density at radius 2 is 1.88 bits per heavy atom. The van der Waals surface area contributed by atoms with E-state index in [2.05, 4.69) is 0 Å². The molecule has 3 aromatic rings. The largest absolute Gasteiger partial charge is 0.493 e. The van der Waals surface area contributed by atoms with Crippen molar-refractivity contribution in [2.45, 2.75) is 13.2 Å². The van der Waals surface area contributed by atoms with Gasteiger partial charge in [-0.1, -0.05) is 78.0 Å². The number of thioether (sulfide) groups is 1. The van der Waals surface area contributed by atoms with E-state index in [4.69, 9.17) is 33.3 Å². The first-order chi connectivity index (χ1) is 16.0. The molecule has 0 atom stereocenters. The van der Waals surface area contributed by atoms with Crippen molar-refractivity contribution in [3.63, 3.8) is 0 Å². The fourth-order valence-electron chi connectivity index (χ4n) is 3.27. The number of benzene rings is 3. The Kier molecular flexibility index (Phi) is 7.33. The van der Waals surface area contributed by atoms with Gasteiger partial charge in [-0.15, -0.1) is 0 Å². The van der Waals surface area contributed by atoms with Crippen molar-refractivity contribution < 1.29 is 18.7 Å². The van der Waals surface area contributed by atoms with Gasteiger partial charge in [0.2, 0.25) is 0 Å². The molecule has 0 aliphatic carbocycles. The number of carbonyl (C=O) groups is 1. The van der Waals surface area contributed by atoms with Gasteiger partial charge in [0.15, 0.2) is 11.5 Å². The quantitative estimate of drug-likeness (QED) is 0.275. The van der Waals surface area contributed by atoms with Gasteiger partial charge in [-0.05, 0) is 41.5 Å². The van der Waals surface area contributed by atoms with E-state index in [1.54, 1.807) is 29.2 Å². The van der Waals surface area contributed by atoms with E-state index in [0.717, 1.165) is 11.1 Å². The number of hydrogen-bond acceptors (Lipinski definition) is 5. The lowest BCUT2D eigenvalue weighted by Crippen LogP contribution is -2.27. The van der Waals surface area contributed by atoms with Crippen molar-refractivity contribution in [2.75, 3.05) is 7.11 Å². The second-order valence-corrected chi connectivity index (χ2v) is 9.24. The lowest BCUT2D eigenvalue weighted by Gasteiger charge is -2.14. The molecule has 0 unspecified atom stereocenters. The van der Waals surface area contributed by atoms with Gasteiger partial charge in [-0.3, -0.25) is 9.69 Å². The number of nitrogens with zero attached hydrogens (tertiary/aromatic N) is 1. The number of thiocarbonyl (C=S) groups is 1. The second kappa shape index (κ2) is 10.4. The molecule has 0 N–H and O–H groups in total. The van der Waals surface area contributed by atoms with E-state index in [1.807, 2.05) is 36.4 Å². The molecule has 1 aliphatic rings. The Labute approximate surface area is 206 Å². The topological polar surface area (TPSA) is 38.8 Å². The Bertz CT molecular complexity index is 1210. The highest BCUT2D eigenvalue weighted by Crippen LogP contribution is 2.36. The molecule has 4 nitrogen and oxygen atoms in total. The number of ether oxygens (including phenoxy) is 2. The van der Waals surface area contributed by atoms with Crippen LogP contribution in [0.1, 0.15) is 16.7 Å². The molecular formula is C25H19ClFNO3S2. The van der Waals surface area contributed by atoms with Crippen LogP contribution in [0.2, 0.25) is 5.02 Å². The minimum Gasteiger partial charge on any atom is -0.493 e. The zero-order chi connectivity index (χ0) is 23.4. The zero-order valence-corrected chi connectivity index (χ0v) is 20.0. The molecule has 1 fully saturated rings. The summed E-state index contributed by atoms with van der Waals surface area (Å²) in [5.41, 5.74) is 1.99. The molecule has 0 saturated carbocycles. The van der Waals surface area contributed by atoms with E-state index < -0.39 is 5.82 Å². The van der Waals surface area contributed by atoms with Gasteiger partial charge < -0.3 is 9.47 Å². The van der Waals surface area contributed by atoms with Crippen LogP contribution in [0.4, 0.5) is 4.39 Å². The number of amides is 1. The molecule has 0 bridgehead atoms. The molecule has 0 radical (unpaired) electrons. The Morgan fingerprint density at radius 3 is 2.61 bits per heavy atom. The predicted molar refractivity (Wildman–Crippen MR) is 134 cm³/mol. The summed E-state index contributed by atoms with van der Waals surface area (Å²) in [7, 11) is 1.52. The van der Waals surface area contributed by atoms with Crippen molar-refractivity contribution in [1.82, 2.24) is 4.90 Å². The lowest BCUT2D eigenvalue weighted by atomic mass is 10.1. The fraction of sp³-hybridized carbons (Fsp3) is 0.120. The third kappa shape index (κ3) is 5.38. The molecule has 1 aliphatic heterocycles. The smallest absolute Gasteiger partial charge is 0.266 e. The van der Waals surface area contributed by atoms with Crippen molar-refractivity contribution in [3.05, 3.63) is 99.2 Å². The Balaban J connectivity index is 1.54.